The van der Waals surface area contributed by atoms with Crippen molar-refractivity contribution in [1.82, 2.24) is 19.7 Å². The van der Waals surface area contributed by atoms with Gasteiger partial charge < -0.3 is 14.8 Å². The van der Waals surface area contributed by atoms with Crippen molar-refractivity contribution < 1.29 is 14.3 Å². The molecule has 1 aliphatic rings. The molecule has 1 aliphatic heterocycles. The van der Waals surface area contributed by atoms with E-state index in [1.807, 2.05) is 25.1 Å². The zero-order valence-corrected chi connectivity index (χ0v) is 18.9. The summed E-state index contributed by atoms with van der Waals surface area (Å²) in [4.78, 5) is 25.1. The summed E-state index contributed by atoms with van der Waals surface area (Å²) >= 11 is 0. The lowest BCUT2D eigenvalue weighted by Crippen LogP contribution is -2.35. The minimum atomic E-state index is -0.248. The highest BCUT2D eigenvalue weighted by Gasteiger charge is 2.19. The Kier molecular flexibility index (Phi) is 8.14. The number of rotatable bonds is 10. The third kappa shape index (κ3) is 5.89. The predicted molar refractivity (Wildman–Crippen MR) is 119 cm³/mol. The van der Waals surface area contributed by atoms with Gasteiger partial charge >= 0.3 is 5.69 Å². The maximum absolute atomic E-state index is 12.6. The van der Waals surface area contributed by atoms with Crippen molar-refractivity contribution in [3.63, 3.8) is 0 Å². The molecule has 1 unspecified atom stereocenters. The third-order valence-electron chi connectivity index (χ3n) is 5.65. The van der Waals surface area contributed by atoms with Crippen LogP contribution in [0.25, 0.3) is 0 Å². The van der Waals surface area contributed by atoms with Gasteiger partial charge in [-0.1, -0.05) is 32.3 Å². The van der Waals surface area contributed by atoms with Crippen molar-refractivity contribution in [3.05, 3.63) is 40.1 Å². The number of carbonyl (C=O) groups is 1. The fourth-order valence-corrected chi connectivity index (χ4v) is 3.84. The van der Waals surface area contributed by atoms with Gasteiger partial charge in [0.15, 0.2) is 11.5 Å². The third-order valence-corrected chi connectivity index (χ3v) is 5.65. The van der Waals surface area contributed by atoms with E-state index in [0.717, 1.165) is 56.3 Å². The summed E-state index contributed by atoms with van der Waals surface area (Å²) in [6, 6.07) is 5.44. The molecule has 0 spiro atoms. The average Bonchev–Trinajstić information content (AvgIpc) is 2.92. The van der Waals surface area contributed by atoms with Gasteiger partial charge in [0.25, 0.3) is 0 Å². The van der Waals surface area contributed by atoms with Crippen LogP contribution in [0.3, 0.4) is 0 Å². The lowest BCUT2D eigenvalue weighted by molar-refractivity contribution is -0.122. The largest absolute Gasteiger partial charge is 0.493 e. The van der Waals surface area contributed by atoms with Gasteiger partial charge in [-0.25, -0.2) is 9.48 Å². The van der Waals surface area contributed by atoms with Crippen LogP contribution in [0.15, 0.2) is 23.0 Å². The van der Waals surface area contributed by atoms with Crippen molar-refractivity contribution in [2.45, 2.75) is 77.9 Å². The molecule has 0 saturated heterocycles. The number of ether oxygens (including phenoxy) is 2. The van der Waals surface area contributed by atoms with Crippen LogP contribution in [0.5, 0.6) is 11.5 Å². The first-order valence-electron chi connectivity index (χ1n) is 11.3. The summed E-state index contributed by atoms with van der Waals surface area (Å²) in [5, 5.41) is 7.33. The second-order valence-electron chi connectivity index (χ2n) is 8.07. The van der Waals surface area contributed by atoms with E-state index < -0.39 is 0 Å². The lowest BCUT2D eigenvalue weighted by Gasteiger charge is -2.17. The van der Waals surface area contributed by atoms with Crippen LogP contribution in [-0.4, -0.2) is 34.0 Å². The zero-order chi connectivity index (χ0) is 22.2. The summed E-state index contributed by atoms with van der Waals surface area (Å²) in [7, 11) is 1.61. The number of methoxy groups -OCH3 is 1. The van der Waals surface area contributed by atoms with Crippen molar-refractivity contribution in [2.75, 3.05) is 13.7 Å². The second kappa shape index (κ2) is 11.0. The van der Waals surface area contributed by atoms with Crippen molar-refractivity contribution >= 4 is 5.91 Å². The van der Waals surface area contributed by atoms with Gasteiger partial charge in [-0.05, 0) is 43.9 Å². The maximum Gasteiger partial charge on any atom is 0.346 e. The molecule has 8 heteroatoms. The molecule has 0 fully saturated rings. The highest BCUT2D eigenvalue weighted by atomic mass is 16.5. The number of fused-ring (bicyclic) bond motifs is 1. The van der Waals surface area contributed by atoms with E-state index in [-0.39, 0.29) is 24.2 Å². The topological polar surface area (TPSA) is 87.4 Å². The minimum absolute atomic E-state index is 0.0844. The molecule has 2 heterocycles. The van der Waals surface area contributed by atoms with Gasteiger partial charge in [0.1, 0.15) is 12.4 Å². The zero-order valence-electron chi connectivity index (χ0n) is 18.9. The Labute approximate surface area is 183 Å². The molecule has 170 valence electrons. The molecular weight excluding hydrogens is 396 g/mol. The maximum atomic E-state index is 12.6. The van der Waals surface area contributed by atoms with Crippen LogP contribution < -0.4 is 20.5 Å². The first-order valence-corrected chi connectivity index (χ1v) is 11.3. The molecular formula is C23H34N4O4. The van der Waals surface area contributed by atoms with E-state index in [2.05, 4.69) is 17.3 Å². The summed E-state index contributed by atoms with van der Waals surface area (Å²) in [5.41, 5.74) is 0.699. The number of amides is 1. The molecule has 0 radical (unpaired) electrons. The second-order valence-corrected chi connectivity index (χ2v) is 8.07. The number of hydrogen-bond donors (Lipinski definition) is 1. The number of nitrogens with one attached hydrogen (secondary N) is 1. The number of benzene rings is 1. The molecule has 8 nitrogen and oxygen atoms in total. The van der Waals surface area contributed by atoms with Gasteiger partial charge in [-0.3, -0.25) is 9.36 Å². The Morgan fingerprint density at radius 2 is 2.06 bits per heavy atom. The number of carbonyl (C=O) groups excluding carboxylic acids is 1. The normalized spacial score (nSPS) is 14.4. The molecule has 3 rings (SSSR count). The molecule has 1 aromatic carbocycles. The van der Waals surface area contributed by atoms with Crippen LogP contribution in [0.1, 0.15) is 69.8 Å². The van der Waals surface area contributed by atoms with E-state index >= 15 is 0 Å². The molecule has 0 aliphatic carbocycles. The van der Waals surface area contributed by atoms with Crippen molar-refractivity contribution in [1.29, 1.82) is 0 Å². The van der Waals surface area contributed by atoms with Crippen LogP contribution in [0, 0.1) is 0 Å². The van der Waals surface area contributed by atoms with E-state index in [1.165, 1.54) is 4.68 Å². The standard InChI is InChI=1S/C23H34N4O4/c1-4-5-9-14-31-19-12-11-18(15-20(19)30-3)17(2)24-22(28)16-27-23(29)26-13-8-6-7-10-21(26)25-27/h11-12,15,17H,4-10,13-14,16H2,1-3H3,(H,24,28). The Balaban J connectivity index is 1.61. The molecule has 31 heavy (non-hydrogen) atoms. The first kappa shape index (κ1) is 22.9. The van der Waals surface area contributed by atoms with E-state index in [9.17, 15) is 9.59 Å². The summed E-state index contributed by atoms with van der Waals surface area (Å²) in [5.74, 6) is 1.88. The quantitative estimate of drug-likeness (QED) is 0.585. The van der Waals surface area contributed by atoms with E-state index in [4.69, 9.17) is 9.47 Å². The smallest absolute Gasteiger partial charge is 0.346 e. The Morgan fingerprint density at radius 1 is 1.23 bits per heavy atom. The highest BCUT2D eigenvalue weighted by molar-refractivity contribution is 5.76. The first-order chi connectivity index (χ1) is 15.0. The summed E-state index contributed by atoms with van der Waals surface area (Å²) < 4.78 is 14.3. The van der Waals surface area contributed by atoms with E-state index in [0.29, 0.717) is 24.7 Å². The van der Waals surface area contributed by atoms with Gasteiger partial charge in [-0.15, -0.1) is 0 Å². The predicted octanol–water partition coefficient (Wildman–Crippen LogP) is 3.23. The van der Waals surface area contributed by atoms with Crippen LogP contribution in [0.2, 0.25) is 0 Å². The Morgan fingerprint density at radius 3 is 2.84 bits per heavy atom. The Hall–Kier alpha value is -2.77. The molecule has 1 N–H and O–H groups in total. The van der Waals surface area contributed by atoms with Crippen LogP contribution in [-0.2, 0) is 24.3 Å². The Bertz CT molecular complexity index is 934. The van der Waals surface area contributed by atoms with Crippen molar-refractivity contribution in [3.8, 4) is 11.5 Å². The molecule has 1 amide bonds. The van der Waals surface area contributed by atoms with Crippen LogP contribution in [0.4, 0.5) is 0 Å². The SMILES string of the molecule is CCCCCOc1ccc(C(C)NC(=O)Cn2nc3n(c2=O)CCCCC3)cc1OC. The minimum Gasteiger partial charge on any atom is -0.493 e. The number of aryl methyl sites for hydroxylation is 1. The highest BCUT2D eigenvalue weighted by Crippen LogP contribution is 2.30. The molecule has 1 aromatic heterocycles. The number of nitrogens with zero attached hydrogens (tertiary/aromatic N) is 3. The van der Waals surface area contributed by atoms with Gasteiger partial charge in [-0.2, -0.15) is 5.10 Å². The summed E-state index contributed by atoms with van der Waals surface area (Å²) in [6.07, 6.45) is 7.17. The fourth-order valence-electron chi connectivity index (χ4n) is 3.84. The summed E-state index contributed by atoms with van der Waals surface area (Å²) in [6.45, 7) is 5.31. The molecule has 0 bridgehead atoms. The number of hydrogen-bond acceptors (Lipinski definition) is 5. The average molecular weight is 431 g/mol. The lowest BCUT2D eigenvalue weighted by atomic mass is 10.1. The molecule has 2 aromatic rings. The van der Waals surface area contributed by atoms with Gasteiger partial charge in [0.2, 0.25) is 5.91 Å². The van der Waals surface area contributed by atoms with E-state index in [1.54, 1.807) is 11.7 Å². The number of aromatic nitrogens is 3. The number of unbranched alkanes of at least 4 members (excludes halogenated alkanes) is 2. The molecule has 1 atom stereocenters. The fraction of sp³-hybridized carbons (Fsp3) is 0.609. The van der Waals surface area contributed by atoms with Crippen LogP contribution >= 0.6 is 0 Å². The van der Waals surface area contributed by atoms with Gasteiger partial charge in [0, 0.05) is 13.0 Å². The molecule has 0 saturated carbocycles. The monoisotopic (exact) mass is 430 g/mol. The van der Waals surface area contributed by atoms with Crippen molar-refractivity contribution in [2.24, 2.45) is 0 Å². The van der Waals surface area contributed by atoms with Gasteiger partial charge in [0.05, 0.1) is 19.8 Å².